The lowest BCUT2D eigenvalue weighted by Crippen LogP contribution is -2.42. The summed E-state index contributed by atoms with van der Waals surface area (Å²) >= 11 is 0. The average molecular weight is 309 g/mol. The molecule has 0 aliphatic rings. The summed E-state index contributed by atoms with van der Waals surface area (Å²) in [6.07, 6.45) is 0. The third-order valence-corrected chi connectivity index (χ3v) is 2.83. The molecule has 0 unspecified atom stereocenters. The van der Waals surface area contributed by atoms with E-state index in [2.05, 4.69) is 5.32 Å². The molecule has 0 bridgehead atoms. The van der Waals surface area contributed by atoms with E-state index in [4.69, 9.17) is 4.74 Å². The van der Waals surface area contributed by atoms with Gasteiger partial charge in [0.25, 0.3) is 11.6 Å². The van der Waals surface area contributed by atoms with Crippen molar-refractivity contribution in [3.63, 3.8) is 0 Å². The number of nitro groups is 1. The normalized spacial score (nSPS) is 9.91. The quantitative estimate of drug-likeness (QED) is 0.569. The second-order valence-corrected chi connectivity index (χ2v) is 4.40. The Bertz CT molecular complexity index is 547. The summed E-state index contributed by atoms with van der Waals surface area (Å²) in [5, 5.41) is 13.3. The van der Waals surface area contributed by atoms with Gasteiger partial charge in [0, 0.05) is 19.2 Å². The van der Waals surface area contributed by atoms with Crippen LogP contribution in [0.15, 0.2) is 24.3 Å². The van der Waals surface area contributed by atoms with Gasteiger partial charge in [-0.25, -0.2) is 0 Å². The molecule has 1 N–H and O–H groups in total. The van der Waals surface area contributed by atoms with Crippen LogP contribution in [-0.2, 0) is 9.59 Å². The van der Waals surface area contributed by atoms with Crippen molar-refractivity contribution >= 4 is 17.5 Å². The van der Waals surface area contributed by atoms with Gasteiger partial charge in [-0.1, -0.05) is 6.07 Å². The van der Waals surface area contributed by atoms with E-state index in [-0.39, 0.29) is 36.4 Å². The summed E-state index contributed by atoms with van der Waals surface area (Å²) in [6, 6.07) is 5.58. The van der Waals surface area contributed by atoms with Crippen LogP contribution in [0.25, 0.3) is 0 Å². The van der Waals surface area contributed by atoms with Crippen molar-refractivity contribution in [2.75, 3.05) is 26.2 Å². The molecule has 0 spiro atoms. The summed E-state index contributed by atoms with van der Waals surface area (Å²) in [4.78, 5) is 35.0. The molecule has 22 heavy (non-hydrogen) atoms. The van der Waals surface area contributed by atoms with E-state index in [1.54, 1.807) is 13.8 Å². The first-order valence-corrected chi connectivity index (χ1v) is 6.89. The van der Waals surface area contributed by atoms with Gasteiger partial charge in [-0.2, -0.15) is 0 Å². The Hall–Kier alpha value is -2.64. The number of rotatable bonds is 8. The van der Waals surface area contributed by atoms with Crippen molar-refractivity contribution < 1.29 is 19.2 Å². The summed E-state index contributed by atoms with van der Waals surface area (Å²) in [5.41, 5.74) is -0.111. The van der Waals surface area contributed by atoms with Crippen molar-refractivity contribution in [1.82, 2.24) is 10.2 Å². The highest BCUT2D eigenvalue weighted by molar-refractivity contribution is 5.85. The number of nitrogens with one attached hydrogen (secondary N) is 1. The predicted octanol–water partition coefficient (Wildman–Crippen LogP) is 0.958. The average Bonchev–Trinajstić information content (AvgIpc) is 2.50. The Labute approximate surface area is 128 Å². The van der Waals surface area contributed by atoms with Crippen LogP contribution in [0.2, 0.25) is 0 Å². The highest BCUT2D eigenvalue weighted by atomic mass is 16.6. The van der Waals surface area contributed by atoms with Gasteiger partial charge >= 0.3 is 0 Å². The van der Waals surface area contributed by atoms with Gasteiger partial charge in [-0.3, -0.25) is 19.7 Å². The highest BCUT2D eigenvalue weighted by Crippen LogP contribution is 2.18. The Morgan fingerprint density at radius 2 is 2.09 bits per heavy atom. The van der Waals surface area contributed by atoms with E-state index in [0.29, 0.717) is 13.1 Å². The van der Waals surface area contributed by atoms with Crippen LogP contribution >= 0.6 is 0 Å². The van der Waals surface area contributed by atoms with Gasteiger partial charge in [0.05, 0.1) is 17.5 Å². The molecule has 1 aromatic carbocycles. The molecule has 8 nitrogen and oxygen atoms in total. The number of nitrogens with zero attached hydrogens (tertiary/aromatic N) is 2. The molecule has 0 saturated heterocycles. The molecule has 0 atom stereocenters. The van der Waals surface area contributed by atoms with Crippen LogP contribution in [0, 0.1) is 10.1 Å². The number of carbonyl (C=O) groups is 2. The van der Waals surface area contributed by atoms with E-state index in [1.165, 1.54) is 29.2 Å². The minimum absolute atomic E-state index is 0.0402. The number of hydrogen-bond acceptors (Lipinski definition) is 5. The van der Waals surface area contributed by atoms with Gasteiger partial charge < -0.3 is 15.0 Å². The number of carbonyl (C=O) groups excluding carboxylic acids is 2. The summed E-state index contributed by atoms with van der Waals surface area (Å²) < 4.78 is 5.26. The van der Waals surface area contributed by atoms with Gasteiger partial charge in [-0.15, -0.1) is 0 Å². The Morgan fingerprint density at radius 1 is 1.36 bits per heavy atom. The van der Waals surface area contributed by atoms with Crippen LogP contribution in [0.4, 0.5) is 5.69 Å². The van der Waals surface area contributed by atoms with Crippen LogP contribution in [0.3, 0.4) is 0 Å². The number of hydrogen-bond donors (Lipinski definition) is 1. The van der Waals surface area contributed by atoms with Crippen molar-refractivity contribution in [3.05, 3.63) is 34.4 Å². The van der Waals surface area contributed by atoms with Gasteiger partial charge in [0.15, 0.2) is 6.61 Å². The van der Waals surface area contributed by atoms with Crippen LogP contribution in [-0.4, -0.2) is 47.9 Å². The molecule has 0 aromatic heterocycles. The fraction of sp³-hybridized carbons (Fsp3) is 0.429. The molecular weight excluding hydrogens is 290 g/mol. The monoisotopic (exact) mass is 309 g/mol. The number of likely N-dealkylation sites (N-methyl/N-ethyl adjacent to an activating group) is 2. The summed E-state index contributed by atoms with van der Waals surface area (Å²) in [6.45, 7) is 4.09. The van der Waals surface area contributed by atoms with Crippen LogP contribution in [0.1, 0.15) is 13.8 Å². The first-order chi connectivity index (χ1) is 10.5. The summed E-state index contributed by atoms with van der Waals surface area (Å²) in [5.74, 6) is -0.370. The number of amides is 2. The molecule has 0 aliphatic heterocycles. The van der Waals surface area contributed by atoms with Crippen molar-refractivity contribution in [2.45, 2.75) is 13.8 Å². The van der Waals surface area contributed by atoms with E-state index in [1.807, 2.05) is 0 Å². The second-order valence-electron chi connectivity index (χ2n) is 4.40. The maximum absolute atomic E-state index is 12.0. The molecule has 0 heterocycles. The lowest BCUT2D eigenvalue weighted by molar-refractivity contribution is -0.384. The topological polar surface area (TPSA) is 102 Å². The second kappa shape index (κ2) is 8.60. The van der Waals surface area contributed by atoms with E-state index in [0.717, 1.165) is 0 Å². The first-order valence-electron chi connectivity index (χ1n) is 6.89. The summed E-state index contributed by atoms with van der Waals surface area (Å²) in [7, 11) is 0. The fourth-order valence-electron chi connectivity index (χ4n) is 1.73. The molecule has 0 aliphatic carbocycles. The molecule has 120 valence electrons. The molecule has 0 radical (unpaired) electrons. The zero-order valence-electron chi connectivity index (χ0n) is 12.6. The van der Waals surface area contributed by atoms with Crippen molar-refractivity contribution in [1.29, 1.82) is 0 Å². The van der Waals surface area contributed by atoms with E-state index >= 15 is 0 Å². The smallest absolute Gasteiger partial charge is 0.273 e. The molecule has 1 aromatic rings. The van der Waals surface area contributed by atoms with Gasteiger partial charge in [0.1, 0.15) is 5.75 Å². The van der Waals surface area contributed by atoms with Crippen LogP contribution < -0.4 is 10.1 Å². The van der Waals surface area contributed by atoms with Crippen molar-refractivity contribution in [3.8, 4) is 5.75 Å². The molecule has 0 saturated carbocycles. The Kier molecular flexibility index (Phi) is 6.81. The number of non-ortho nitro benzene ring substituents is 1. The fourth-order valence-corrected chi connectivity index (χ4v) is 1.73. The zero-order chi connectivity index (χ0) is 16.5. The Morgan fingerprint density at radius 3 is 2.68 bits per heavy atom. The third kappa shape index (κ3) is 5.39. The minimum Gasteiger partial charge on any atom is -0.484 e. The predicted molar refractivity (Wildman–Crippen MR) is 79.5 cm³/mol. The molecule has 2 amide bonds. The number of ether oxygens (including phenoxy) is 1. The molecule has 0 fully saturated rings. The van der Waals surface area contributed by atoms with Gasteiger partial charge in [-0.05, 0) is 19.9 Å². The van der Waals surface area contributed by atoms with Gasteiger partial charge in [0.2, 0.25) is 5.91 Å². The highest BCUT2D eigenvalue weighted by Gasteiger charge is 2.16. The molecule has 1 rings (SSSR count). The SMILES string of the molecule is CCNC(=O)CN(CC)C(=O)COc1cccc([N+](=O)[O-])c1. The van der Waals surface area contributed by atoms with Crippen LogP contribution in [0.5, 0.6) is 5.75 Å². The lowest BCUT2D eigenvalue weighted by atomic mass is 10.3. The van der Waals surface area contributed by atoms with Crippen molar-refractivity contribution in [2.24, 2.45) is 0 Å². The maximum atomic E-state index is 12.0. The molecule has 8 heteroatoms. The largest absolute Gasteiger partial charge is 0.484 e. The first kappa shape index (κ1) is 17.4. The number of nitro benzene ring substituents is 1. The Balaban J connectivity index is 2.58. The molecular formula is C14H19N3O5. The standard InChI is InChI=1S/C14H19N3O5/c1-3-15-13(18)9-16(4-2)14(19)10-22-12-7-5-6-11(8-12)17(20)21/h5-8H,3-4,9-10H2,1-2H3,(H,15,18). The number of benzene rings is 1. The van der Waals surface area contributed by atoms with E-state index in [9.17, 15) is 19.7 Å². The lowest BCUT2D eigenvalue weighted by Gasteiger charge is -2.20. The third-order valence-electron chi connectivity index (χ3n) is 2.83. The maximum Gasteiger partial charge on any atom is 0.273 e. The zero-order valence-corrected chi connectivity index (χ0v) is 12.6. The minimum atomic E-state index is -0.540. The van der Waals surface area contributed by atoms with E-state index < -0.39 is 4.92 Å².